The quantitative estimate of drug-likeness (QED) is 0.725. The lowest BCUT2D eigenvalue weighted by Crippen LogP contribution is -2.29. The minimum Gasteiger partial charge on any atom is -0.324 e. The Morgan fingerprint density at radius 2 is 1.44 bits per heavy atom. The Hall–Kier alpha value is -2.91. The molecule has 0 saturated heterocycles. The molecule has 25 heavy (non-hydrogen) atoms. The number of carbonyl (C=O) groups excluding carboxylic acids is 1. The van der Waals surface area contributed by atoms with Gasteiger partial charge in [0.25, 0.3) is 0 Å². The molecular formula is C22H22N2O. The summed E-state index contributed by atoms with van der Waals surface area (Å²) in [7, 11) is 1.95. The van der Waals surface area contributed by atoms with Crippen LogP contribution in [0.15, 0.2) is 84.9 Å². The number of amides is 1. The molecule has 0 aliphatic carbocycles. The molecule has 3 aromatic carbocycles. The molecule has 0 spiro atoms. The highest BCUT2D eigenvalue weighted by Gasteiger charge is 2.10. The number of nitrogens with zero attached hydrogens (tertiary/aromatic N) is 1. The van der Waals surface area contributed by atoms with Gasteiger partial charge in [0.15, 0.2) is 0 Å². The van der Waals surface area contributed by atoms with E-state index in [1.807, 2.05) is 84.7 Å². The van der Waals surface area contributed by atoms with E-state index in [2.05, 4.69) is 17.4 Å². The lowest BCUT2D eigenvalue weighted by atomic mass is 10.0. The second-order valence-electron chi connectivity index (χ2n) is 6.12. The van der Waals surface area contributed by atoms with E-state index in [9.17, 15) is 4.79 Å². The lowest BCUT2D eigenvalue weighted by Gasteiger charge is -2.17. The SMILES string of the molecule is CN(CC(=O)Nc1ccccc1-c1ccccc1)Cc1ccccc1. The van der Waals surface area contributed by atoms with Crippen LogP contribution in [-0.2, 0) is 11.3 Å². The van der Waals surface area contributed by atoms with Crippen LogP contribution in [0, 0.1) is 0 Å². The van der Waals surface area contributed by atoms with Gasteiger partial charge >= 0.3 is 0 Å². The molecule has 1 amide bonds. The number of carbonyl (C=O) groups is 1. The van der Waals surface area contributed by atoms with E-state index < -0.39 is 0 Å². The third-order valence-corrected chi connectivity index (χ3v) is 3.99. The largest absolute Gasteiger partial charge is 0.324 e. The number of likely N-dealkylation sites (N-methyl/N-ethyl adjacent to an activating group) is 1. The van der Waals surface area contributed by atoms with Crippen LogP contribution in [0.5, 0.6) is 0 Å². The van der Waals surface area contributed by atoms with E-state index in [0.717, 1.165) is 23.4 Å². The summed E-state index contributed by atoms with van der Waals surface area (Å²) in [6, 6.07) is 28.1. The van der Waals surface area contributed by atoms with Crippen LogP contribution in [0.2, 0.25) is 0 Å². The molecule has 1 N–H and O–H groups in total. The van der Waals surface area contributed by atoms with Gasteiger partial charge < -0.3 is 5.32 Å². The van der Waals surface area contributed by atoms with Gasteiger partial charge in [0, 0.05) is 17.8 Å². The maximum absolute atomic E-state index is 12.4. The first-order valence-corrected chi connectivity index (χ1v) is 8.39. The van der Waals surface area contributed by atoms with Gasteiger partial charge in [-0.25, -0.2) is 0 Å². The fourth-order valence-corrected chi connectivity index (χ4v) is 2.85. The van der Waals surface area contributed by atoms with Gasteiger partial charge in [-0.15, -0.1) is 0 Å². The normalized spacial score (nSPS) is 10.6. The molecule has 0 aliphatic heterocycles. The molecule has 0 radical (unpaired) electrons. The molecule has 0 saturated carbocycles. The molecule has 3 aromatic rings. The van der Waals surface area contributed by atoms with Crippen LogP contribution < -0.4 is 5.32 Å². The van der Waals surface area contributed by atoms with Crippen molar-refractivity contribution in [2.75, 3.05) is 18.9 Å². The van der Waals surface area contributed by atoms with Crippen molar-refractivity contribution in [3.05, 3.63) is 90.5 Å². The standard InChI is InChI=1S/C22H22N2O/c1-24(16-18-10-4-2-5-11-18)17-22(25)23-21-15-9-8-14-20(21)19-12-6-3-7-13-19/h2-15H,16-17H2,1H3,(H,23,25). The summed E-state index contributed by atoms with van der Waals surface area (Å²) < 4.78 is 0. The molecule has 0 aromatic heterocycles. The highest BCUT2D eigenvalue weighted by molar-refractivity contribution is 5.96. The second kappa shape index (κ2) is 8.27. The number of nitrogens with one attached hydrogen (secondary N) is 1. The molecule has 3 rings (SSSR count). The van der Waals surface area contributed by atoms with Crippen molar-refractivity contribution in [2.45, 2.75) is 6.54 Å². The van der Waals surface area contributed by atoms with Crippen molar-refractivity contribution in [3.63, 3.8) is 0 Å². The highest BCUT2D eigenvalue weighted by atomic mass is 16.2. The summed E-state index contributed by atoms with van der Waals surface area (Å²) in [6.45, 7) is 1.09. The van der Waals surface area contributed by atoms with Crippen molar-refractivity contribution < 1.29 is 4.79 Å². The fraction of sp³-hybridized carbons (Fsp3) is 0.136. The molecule has 3 nitrogen and oxygen atoms in total. The zero-order valence-corrected chi connectivity index (χ0v) is 14.4. The average Bonchev–Trinajstić information content (AvgIpc) is 2.63. The average molecular weight is 330 g/mol. The van der Waals surface area contributed by atoms with Gasteiger partial charge in [0.1, 0.15) is 0 Å². The summed E-state index contributed by atoms with van der Waals surface area (Å²) in [5.74, 6) is -0.0122. The number of hydrogen-bond donors (Lipinski definition) is 1. The number of hydrogen-bond acceptors (Lipinski definition) is 2. The van der Waals surface area contributed by atoms with Crippen LogP contribution in [0.3, 0.4) is 0 Å². The van der Waals surface area contributed by atoms with Crippen LogP contribution in [0.4, 0.5) is 5.69 Å². The highest BCUT2D eigenvalue weighted by Crippen LogP contribution is 2.27. The molecule has 0 heterocycles. The Morgan fingerprint density at radius 1 is 0.840 bits per heavy atom. The number of para-hydroxylation sites is 1. The van der Waals surface area contributed by atoms with Gasteiger partial charge in [0.05, 0.1) is 6.54 Å². The molecule has 0 bridgehead atoms. The van der Waals surface area contributed by atoms with E-state index >= 15 is 0 Å². The van der Waals surface area contributed by atoms with Crippen LogP contribution in [0.1, 0.15) is 5.56 Å². The van der Waals surface area contributed by atoms with E-state index in [4.69, 9.17) is 0 Å². The predicted molar refractivity (Wildman–Crippen MR) is 103 cm³/mol. The Labute approximate surface area is 148 Å². The molecular weight excluding hydrogens is 308 g/mol. The van der Waals surface area contributed by atoms with E-state index in [1.54, 1.807) is 0 Å². The maximum Gasteiger partial charge on any atom is 0.238 e. The second-order valence-corrected chi connectivity index (χ2v) is 6.12. The van der Waals surface area contributed by atoms with Gasteiger partial charge in [-0.05, 0) is 24.2 Å². The topological polar surface area (TPSA) is 32.3 Å². The number of benzene rings is 3. The molecule has 0 fully saturated rings. The third kappa shape index (κ3) is 4.78. The van der Waals surface area contributed by atoms with Crippen LogP contribution >= 0.6 is 0 Å². The summed E-state index contributed by atoms with van der Waals surface area (Å²) >= 11 is 0. The van der Waals surface area contributed by atoms with Crippen molar-refractivity contribution >= 4 is 11.6 Å². The van der Waals surface area contributed by atoms with Gasteiger partial charge in [-0.3, -0.25) is 9.69 Å². The zero-order valence-electron chi connectivity index (χ0n) is 14.4. The van der Waals surface area contributed by atoms with E-state index in [0.29, 0.717) is 6.54 Å². The minimum atomic E-state index is -0.0122. The van der Waals surface area contributed by atoms with Crippen molar-refractivity contribution in [1.82, 2.24) is 4.90 Å². The third-order valence-electron chi connectivity index (χ3n) is 3.99. The van der Waals surface area contributed by atoms with E-state index in [-0.39, 0.29) is 5.91 Å². The fourth-order valence-electron chi connectivity index (χ4n) is 2.85. The maximum atomic E-state index is 12.4. The molecule has 0 unspecified atom stereocenters. The smallest absolute Gasteiger partial charge is 0.238 e. The number of rotatable bonds is 6. The Kier molecular flexibility index (Phi) is 5.60. The Balaban J connectivity index is 1.65. The lowest BCUT2D eigenvalue weighted by molar-refractivity contribution is -0.117. The Bertz CT molecular complexity index is 816. The molecule has 0 atom stereocenters. The molecule has 126 valence electrons. The van der Waals surface area contributed by atoms with Gasteiger partial charge in [-0.1, -0.05) is 78.9 Å². The van der Waals surface area contributed by atoms with Crippen molar-refractivity contribution in [2.24, 2.45) is 0 Å². The first-order valence-electron chi connectivity index (χ1n) is 8.39. The summed E-state index contributed by atoms with van der Waals surface area (Å²) in [4.78, 5) is 14.5. The van der Waals surface area contributed by atoms with Crippen molar-refractivity contribution in [1.29, 1.82) is 0 Å². The van der Waals surface area contributed by atoms with Gasteiger partial charge in [-0.2, -0.15) is 0 Å². The Morgan fingerprint density at radius 3 is 2.16 bits per heavy atom. The van der Waals surface area contributed by atoms with E-state index in [1.165, 1.54) is 5.56 Å². The van der Waals surface area contributed by atoms with Crippen LogP contribution in [0.25, 0.3) is 11.1 Å². The number of anilines is 1. The van der Waals surface area contributed by atoms with Gasteiger partial charge in [0.2, 0.25) is 5.91 Å². The minimum absolute atomic E-state index is 0.0122. The summed E-state index contributed by atoms with van der Waals surface area (Å²) in [6.07, 6.45) is 0. The monoisotopic (exact) mass is 330 g/mol. The zero-order chi connectivity index (χ0) is 17.5. The molecule has 0 aliphatic rings. The summed E-state index contributed by atoms with van der Waals surface area (Å²) in [5, 5.41) is 3.05. The summed E-state index contributed by atoms with van der Waals surface area (Å²) in [5.41, 5.74) is 4.16. The van der Waals surface area contributed by atoms with Crippen molar-refractivity contribution in [3.8, 4) is 11.1 Å². The predicted octanol–water partition coefficient (Wildman–Crippen LogP) is 4.42. The first-order chi connectivity index (χ1) is 12.2. The van der Waals surface area contributed by atoms with Crippen LogP contribution in [-0.4, -0.2) is 24.4 Å². The first kappa shape index (κ1) is 16.9. The molecule has 3 heteroatoms.